The van der Waals surface area contributed by atoms with Crippen molar-refractivity contribution in [3.05, 3.63) is 34.1 Å². The van der Waals surface area contributed by atoms with Crippen LogP contribution >= 0.6 is 15.9 Å². The molecule has 0 radical (unpaired) electrons. The van der Waals surface area contributed by atoms with E-state index < -0.39 is 5.82 Å². The van der Waals surface area contributed by atoms with E-state index in [0.29, 0.717) is 4.47 Å². The van der Waals surface area contributed by atoms with Crippen LogP contribution in [0.4, 0.5) is 4.39 Å². The Labute approximate surface area is 127 Å². The number of hydrogen-bond acceptors (Lipinski definition) is 2. The molecule has 3 nitrogen and oxygen atoms in total. The van der Waals surface area contributed by atoms with E-state index in [4.69, 9.17) is 0 Å². The van der Waals surface area contributed by atoms with E-state index in [1.165, 1.54) is 12.1 Å². The predicted octanol–water partition coefficient (Wildman–Crippen LogP) is 3.19. The fraction of sp³-hybridized carbons (Fsp3) is 0.533. The highest BCUT2D eigenvalue weighted by atomic mass is 79.9. The Bertz CT molecular complexity index is 473. The summed E-state index contributed by atoms with van der Waals surface area (Å²) in [6, 6.07) is 4.67. The van der Waals surface area contributed by atoms with Crippen molar-refractivity contribution in [2.75, 3.05) is 19.6 Å². The summed E-state index contributed by atoms with van der Waals surface area (Å²) in [5.74, 6) is -0.802. The first-order valence-electron chi connectivity index (χ1n) is 7.08. The van der Waals surface area contributed by atoms with E-state index in [9.17, 15) is 9.18 Å². The van der Waals surface area contributed by atoms with Gasteiger partial charge in [-0.2, -0.15) is 0 Å². The van der Waals surface area contributed by atoms with Crippen LogP contribution in [0.1, 0.15) is 36.5 Å². The van der Waals surface area contributed by atoms with Crippen LogP contribution in [0.2, 0.25) is 0 Å². The van der Waals surface area contributed by atoms with Crippen LogP contribution < -0.4 is 5.32 Å². The maximum atomic E-state index is 13.7. The average Bonchev–Trinajstić information content (AvgIpc) is 2.41. The summed E-state index contributed by atoms with van der Waals surface area (Å²) in [4.78, 5) is 14.5. The maximum Gasteiger partial charge on any atom is 0.254 e. The first-order valence-corrected chi connectivity index (χ1v) is 7.87. The highest BCUT2D eigenvalue weighted by Gasteiger charge is 2.21. The van der Waals surface area contributed by atoms with Gasteiger partial charge in [0.05, 0.1) is 5.56 Å². The van der Waals surface area contributed by atoms with E-state index in [2.05, 4.69) is 33.1 Å². The lowest BCUT2D eigenvalue weighted by atomic mass is 10.0. The Balaban J connectivity index is 1.89. The normalized spacial score (nSPS) is 17.1. The number of piperidine rings is 1. The summed E-state index contributed by atoms with van der Waals surface area (Å²) < 4.78 is 14.4. The van der Waals surface area contributed by atoms with Crippen molar-refractivity contribution in [1.29, 1.82) is 0 Å². The highest BCUT2D eigenvalue weighted by molar-refractivity contribution is 9.10. The molecule has 5 heteroatoms. The second-order valence-electron chi connectivity index (χ2n) is 5.21. The number of benzene rings is 1. The van der Waals surface area contributed by atoms with Gasteiger partial charge in [0.2, 0.25) is 0 Å². The third-order valence-corrected chi connectivity index (χ3v) is 4.13. The van der Waals surface area contributed by atoms with Crippen molar-refractivity contribution in [2.24, 2.45) is 0 Å². The summed E-state index contributed by atoms with van der Waals surface area (Å²) in [6.07, 6.45) is 3.02. The highest BCUT2D eigenvalue weighted by Crippen LogP contribution is 2.16. The van der Waals surface area contributed by atoms with Gasteiger partial charge in [-0.3, -0.25) is 4.79 Å². The van der Waals surface area contributed by atoms with E-state index in [0.717, 1.165) is 38.9 Å². The van der Waals surface area contributed by atoms with E-state index in [1.807, 2.05) is 0 Å². The Kier molecular flexibility index (Phi) is 5.54. The van der Waals surface area contributed by atoms with Crippen molar-refractivity contribution >= 4 is 21.8 Å². The molecule has 1 fully saturated rings. The molecule has 2 rings (SSSR count). The molecule has 0 aliphatic carbocycles. The fourth-order valence-corrected chi connectivity index (χ4v) is 2.89. The zero-order chi connectivity index (χ0) is 14.5. The van der Waals surface area contributed by atoms with Crippen LogP contribution in [0.3, 0.4) is 0 Å². The molecule has 1 aromatic rings. The number of hydrogen-bond donors (Lipinski definition) is 1. The molecule has 1 aliphatic rings. The standard InChI is InChI=1S/C15H20BrFN2O/c1-2-7-19-8-5-12(6-9-19)18-15(20)13-4-3-11(16)10-14(13)17/h3-4,10,12H,2,5-9H2,1H3,(H,18,20). The van der Waals surface area contributed by atoms with Crippen molar-refractivity contribution in [3.63, 3.8) is 0 Å². The molecule has 1 aromatic carbocycles. The minimum Gasteiger partial charge on any atom is -0.349 e. The smallest absolute Gasteiger partial charge is 0.254 e. The van der Waals surface area contributed by atoms with Crippen molar-refractivity contribution in [3.8, 4) is 0 Å². The van der Waals surface area contributed by atoms with Gasteiger partial charge in [0.15, 0.2) is 0 Å². The monoisotopic (exact) mass is 342 g/mol. The van der Waals surface area contributed by atoms with Gasteiger partial charge in [-0.1, -0.05) is 22.9 Å². The number of nitrogens with zero attached hydrogens (tertiary/aromatic N) is 1. The fourth-order valence-electron chi connectivity index (χ4n) is 2.55. The lowest BCUT2D eigenvalue weighted by Crippen LogP contribution is -2.44. The van der Waals surface area contributed by atoms with Crippen LogP contribution in [0.25, 0.3) is 0 Å². The largest absolute Gasteiger partial charge is 0.349 e. The molecule has 1 aliphatic heterocycles. The van der Waals surface area contributed by atoms with Gasteiger partial charge in [0.25, 0.3) is 5.91 Å². The van der Waals surface area contributed by atoms with E-state index >= 15 is 0 Å². The van der Waals surface area contributed by atoms with Crippen LogP contribution in [-0.4, -0.2) is 36.5 Å². The SMILES string of the molecule is CCCN1CCC(NC(=O)c2ccc(Br)cc2F)CC1. The Morgan fingerprint density at radius 3 is 2.75 bits per heavy atom. The molecule has 1 heterocycles. The van der Waals surface area contributed by atoms with Crippen LogP contribution in [0.5, 0.6) is 0 Å². The lowest BCUT2D eigenvalue weighted by molar-refractivity contribution is 0.0907. The maximum absolute atomic E-state index is 13.7. The molecular weight excluding hydrogens is 323 g/mol. The number of nitrogens with one attached hydrogen (secondary N) is 1. The predicted molar refractivity (Wildman–Crippen MR) is 81.3 cm³/mol. The van der Waals surface area contributed by atoms with Gasteiger partial charge in [0, 0.05) is 23.6 Å². The number of carbonyl (C=O) groups excluding carboxylic acids is 1. The molecule has 1 amide bonds. The molecule has 110 valence electrons. The molecule has 0 aromatic heterocycles. The van der Waals surface area contributed by atoms with Gasteiger partial charge in [-0.15, -0.1) is 0 Å². The summed E-state index contributed by atoms with van der Waals surface area (Å²) in [7, 11) is 0. The van der Waals surface area contributed by atoms with Crippen molar-refractivity contribution in [2.45, 2.75) is 32.2 Å². The van der Waals surface area contributed by atoms with E-state index in [1.54, 1.807) is 6.07 Å². The molecule has 1 N–H and O–H groups in total. The van der Waals surface area contributed by atoms with Gasteiger partial charge < -0.3 is 10.2 Å². The van der Waals surface area contributed by atoms with Crippen LogP contribution in [-0.2, 0) is 0 Å². The molecule has 0 bridgehead atoms. The summed E-state index contributed by atoms with van der Waals surface area (Å²) in [5, 5.41) is 2.94. The van der Waals surface area contributed by atoms with Crippen LogP contribution in [0, 0.1) is 5.82 Å². The average molecular weight is 343 g/mol. The molecule has 20 heavy (non-hydrogen) atoms. The summed E-state index contributed by atoms with van der Waals surface area (Å²) in [5.41, 5.74) is 0.115. The molecule has 0 atom stereocenters. The molecular formula is C15H20BrFN2O. The number of amides is 1. The third-order valence-electron chi connectivity index (χ3n) is 3.64. The minimum atomic E-state index is -0.486. The van der Waals surface area contributed by atoms with Gasteiger partial charge >= 0.3 is 0 Å². The number of halogens is 2. The van der Waals surface area contributed by atoms with E-state index in [-0.39, 0.29) is 17.5 Å². The molecule has 0 saturated carbocycles. The van der Waals surface area contributed by atoms with Gasteiger partial charge in [-0.25, -0.2) is 4.39 Å². The topological polar surface area (TPSA) is 32.3 Å². The lowest BCUT2D eigenvalue weighted by Gasteiger charge is -2.32. The Morgan fingerprint density at radius 2 is 2.15 bits per heavy atom. The third kappa shape index (κ3) is 4.03. The molecule has 0 spiro atoms. The summed E-state index contributed by atoms with van der Waals surface area (Å²) in [6.45, 7) is 5.29. The second-order valence-corrected chi connectivity index (χ2v) is 6.13. The quantitative estimate of drug-likeness (QED) is 0.911. The Hall–Kier alpha value is -0.940. The second kappa shape index (κ2) is 7.18. The van der Waals surface area contributed by atoms with Gasteiger partial charge in [0.1, 0.15) is 5.82 Å². The minimum absolute atomic E-state index is 0.115. The molecule has 1 saturated heterocycles. The van der Waals surface area contributed by atoms with Crippen LogP contribution in [0.15, 0.2) is 22.7 Å². The zero-order valence-corrected chi connectivity index (χ0v) is 13.2. The summed E-state index contributed by atoms with van der Waals surface area (Å²) >= 11 is 3.19. The first-order chi connectivity index (χ1) is 9.60. The number of carbonyl (C=O) groups is 1. The zero-order valence-electron chi connectivity index (χ0n) is 11.7. The van der Waals surface area contributed by atoms with Gasteiger partial charge in [-0.05, 0) is 44.0 Å². The van der Waals surface area contributed by atoms with Crippen molar-refractivity contribution in [1.82, 2.24) is 10.2 Å². The van der Waals surface area contributed by atoms with Crippen molar-refractivity contribution < 1.29 is 9.18 Å². The Morgan fingerprint density at radius 1 is 1.45 bits per heavy atom. The first kappa shape index (κ1) is 15.4. The number of rotatable bonds is 4. The number of likely N-dealkylation sites (tertiary alicyclic amines) is 1. The molecule has 0 unspecified atom stereocenters.